The number of anilines is 1. The maximum Gasteiger partial charge on any atom is 0.234 e. The lowest BCUT2D eigenvalue weighted by molar-refractivity contribution is -0.113. The lowest BCUT2D eigenvalue weighted by Gasteiger charge is -2.10. The Bertz CT molecular complexity index is 1230. The summed E-state index contributed by atoms with van der Waals surface area (Å²) in [5.41, 5.74) is 3.99. The van der Waals surface area contributed by atoms with Crippen molar-refractivity contribution in [3.63, 3.8) is 0 Å². The molecular weight excluding hydrogens is 396 g/mol. The van der Waals surface area contributed by atoms with Gasteiger partial charge in [-0.3, -0.25) is 9.36 Å². The van der Waals surface area contributed by atoms with Gasteiger partial charge < -0.3 is 10.1 Å². The molecule has 6 nitrogen and oxygen atoms in total. The second-order valence-electron chi connectivity index (χ2n) is 6.44. The molecule has 148 valence electrons. The molecule has 0 fully saturated rings. The van der Waals surface area contributed by atoms with Crippen molar-refractivity contribution in [2.75, 3.05) is 18.2 Å². The van der Waals surface area contributed by atoms with Gasteiger partial charge in [-0.2, -0.15) is 5.26 Å². The Morgan fingerprint density at radius 1 is 1.10 bits per heavy atom. The molecule has 0 unspecified atom stereocenters. The Balaban J connectivity index is 1.56. The zero-order valence-corrected chi connectivity index (χ0v) is 17.0. The third kappa shape index (κ3) is 4.14. The van der Waals surface area contributed by atoms with E-state index in [0.29, 0.717) is 11.3 Å². The largest absolute Gasteiger partial charge is 0.497 e. The Morgan fingerprint density at radius 2 is 1.83 bits per heavy atom. The number of rotatable bonds is 6. The van der Waals surface area contributed by atoms with Crippen molar-refractivity contribution in [3.8, 4) is 17.5 Å². The third-order valence-electron chi connectivity index (χ3n) is 4.49. The van der Waals surface area contributed by atoms with Crippen molar-refractivity contribution in [2.45, 2.75) is 5.16 Å². The van der Waals surface area contributed by atoms with Crippen molar-refractivity contribution in [2.24, 2.45) is 0 Å². The van der Waals surface area contributed by atoms with Gasteiger partial charge in [0.1, 0.15) is 5.75 Å². The molecule has 0 radical (unpaired) electrons. The van der Waals surface area contributed by atoms with E-state index in [1.54, 1.807) is 31.4 Å². The summed E-state index contributed by atoms with van der Waals surface area (Å²) in [5, 5.41) is 12.5. The lowest BCUT2D eigenvalue weighted by atomic mass is 10.2. The number of hydrogen-bond acceptors (Lipinski definition) is 5. The van der Waals surface area contributed by atoms with Gasteiger partial charge >= 0.3 is 0 Å². The highest BCUT2D eigenvalue weighted by atomic mass is 32.2. The van der Waals surface area contributed by atoms with Crippen molar-refractivity contribution >= 4 is 34.4 Å². The first-order chi connectivity index (χ1) is 14.7. The Morgan fingerprint density at radius 3 is 2.53 bits per heavy atom. The summed E-state index contributed by atoms with van der Waals surface area (Å²) in [6.45, 7) is 0. The number of carbonyl (C=O) groups excluding carboxylic acids is 1. The van der Waals surface area contributed by atoms with Crippen molar-refractivity contribution < 1.29 is 9.53 Å². The fourth-order valence-corrected chi connectivity index (χ4v) is 3.86. The summed E-state index contributed by atoms with van der Waals surface area (Å²) in [5.74, 6) is 0.844. The van der Waals surface area contributed by atoms with Crippen LogP contribution >= 0.6 is 11.8 Å². The lowest BCUT2D eigenvalue weighted by Crippen LogP contribution is -2.14. The average Bonchev–Trinajstić information content (AvgIpc) is 3.16. The first kappa shape index (κ1) is 19.6. The fraction of sp³-hybridized carbons (Fsp3) is 0.0870. The molecule has 0 aliphatic heterocycles. The highest BCUT2D eigenvalue weighted by Crippen LogP contribution is 2.29. The molecule has 4 rings (SSSR count). The number of fused-ring (bicyclic) bond motifs is 1. The van der Waals surface area contributed by atoms with Crippen LogP contribution in [0.3, 0.4) is 0 Å². The Kier molecular flexibility index (Phi) is 5.68. The zero-order chi connectivity index (χ0) is 20.9. The second-order valence-corrected chi connectivity index (χ2v) is 7.39. The number of amides is 1. The molecule has 0 atom stereocenters. The van der Waals surface area contributed by atoms with Gasteiger partial charge in [-0.1, -0.05) is 23.9 Å². The molecule has 7 heteroatoms. The van der Waals surface area contributed by atoms with E-state index in [0.717, 1.165) is 27.6 Å². The van der Waals surface area contributed by atoms with E-state index >= 15 is 0 Å². The van der Waals surface area contributed by atoms with E-state index < -0.39 is 0 Å². The van der Waals surface area contributed by atoms with Crippen LogP contribution in [-0.4, -0.2) is 28.3 Å². The maximum atomic E-state index is 12.4. The van der Waals surface area contributed by atoms with Crippen LogP contribution in [0.25, 0.3) is 16.7 Å². The van der Waals surface area contributed by atoms with E-state index in [-0.39, 0.29) is 11.7 Å². The number of nitrogens with zero attached hydrogens (tertiary/aromatic N) is 3. The predicted octanol–water partition coefficient (Wildman–Crippen LogP) is 4.64. The normalized spacial score (nSPS) is 10.5. The highest BCUT2D eigenvalue weighted by molar-refractivity contribution is 7.99. The van der Waals surface area contributed by atoms with Gasteiger partial charge in [0.05, 0.1) is 35.5 Å². The molecule has 0 saturated heterocycles. The number of thioether (sulfide) groups is 1. The molecule has 4 aromatic rings. The summed E-state index contributed by atoms with van der Waals surface area (Å²) in [6, 6.07) is 24.4. The van der Waals surface area contributed by atoms with E-state index in [4.69, 9.17) is 15.0 Å². The molecule has 30 heavy (non-hydrogen) atoms. The number of ether oxygens (including phenoxy) is 1. The van der Waals surface area contributed by atoms with Gasteiger partial charge in [0, 0.05) is 11.4 Å². The quantitative estimate of drug-likeness (QED) is 0.465. The minimum Gasteiger partial charge on any atom is -0.497 e. The summed E-state index contributed by atoms with van der Waals surface area (Å²) < 4.78 is 7.29. The van der Waals surface area contributed by atoms with Crippen LogP contribution in [0.15, 0.2) is 78.0 Å². The van der Waals surface area contributed by atoms with Crippen LogP contribution in [-0.2, 0) is 4.79 Å². The van der Waals surface area contributed by atoms with Gasteiger partial charge in [-0.05, 0) is 60.7 Å². The molecule has 0 spiro atoms. The molecule has 1 amide bonds. The smallest absolute Gasteiger partial charge is 0.234 e. The molecule has 1 aromatic heterocycles. The zero-order valence-electron chi connectivity index (χ0n) is 16.2. The summed E-state index contributed by atoms with van der Waals surface area (Å²) >= 11 is 1.37. The second kappa shape index (κ2) is 8.72. The van der Waals surface area contributed by atoms with Gasteiger partial charge in [0.2, 0.25) is 5.91 Å². The molecule has 0 bridgehead atoms. The molecular formula is C23H18N4O2S. The van der Waals surface area contributed by atoms with E-state index in [1.165, 1.54) is 11.8 Å². The van der Waals surface area contributed by atoms with Gasteiger partial charge in [-0.15, -0.1) is 0 Å². The molecule has 0 saturated carbocycles. The average molecular weight is 414 g/mol. The number of nitrogens with one attached hydrogen (secondary N) is 1. The Hall–Kier alpha value is -3.76. The van der Waals surface area contributed by atoms with E-state index in [2.05, 4.69) is 11.4 Å². The standard InChI is InChI=1S/C23H18N4O2S/c1-29-19-12-10-18(11-13-19)27-21-5-3-2-4-20(21)26-23(27)30-15-22(28)25-17-8-6-16(14-24)7-9-17/h2-13H,15H2,1H3,(H,25,28). The van der Waals surface area contributed by atoms with Gasteiger partial charge in [-0.25, -0.2) is 4.98 Å². The SMILES string of the molecule is COc1ccc(-n2c(SCC(=O)Nc3ccc(C#N)cc3)nc3ccccc32)cc1. The molecule has 1 heterocycles. The van der Waals surface area contributed by atoms with E-state index in [9.17, 15) is 4.79 Å². The number of aromatic nitrogens is 2. The summed E-state index contributed by atoms with van der Waals surface area (Å²) in [6.07, 6.45) is 0. The minimum atomic E-state index is -0.141. The molecule has 1 N–H and O–H groups in total. The number of hydrogen-bond donors (Lipinski definition) is 1. The topological polar surface area (TPSA) is 79.9 Å². The Labute approximate surface area is 178 Å². The number of para-hydroxylation sites is 2. The number of methoxy groups -OCH3 is 1. The van der Waals surface area contributed by atoms with Crippen molar-refractivity contribution in [3.05, 3.63) is 78.4 Å². The van der Waals surface area contributed by atoms with Crippen LogP contribution in [0, 0.1) is 11.3 Å². The predicted molar refractivity (Wildman–Crippen MR) is 118 cm³/mol. The molecule has 0 aliphatic rings. The summed E-state index contributed by atoms with van der Waals surface area (Å²) in [4.78, 5) is 17.1. The van der Waals surface area contributed by atoms with Crippen LogP contribution < -0.4 is 10.1 Å². The first-order valence-electron chi connectivity index (χ1n) is 9.22. The van der Waals surface area contributed by atoms with Crippen molar-refractivity contribution in [1.29, 1.82) is 5.26 Å². The highest BCUT2D eigenvalue weighted by Gasteiger charge is 2.14. The molecule has 0 aliphatic carbocycles. The van der Waals surface area contributed by atoms with Crippen molar-refractivity contribution in [1.82, 2.24) is 9.55 Å². The van der Waals surface area contributed by atoms with Crippen LogP contribution in [0.1, 0.15) is 5.56 Å². The van der Waals surface area contributed by atoms with E-state index in [1.807, 2.05) is 53.1 Å². The number of imidazole rings is 1. The minimum absolute atomic E-state index is 0.141. The number of carbonyl (C=O) groups is 1. The van der Waals surface area contributed by atoms with Crippen LogP contribution in [0.4, 0.5) is 5.69 Å². The number of nitriles is 1. The first-order valence-corrected chi connectivity index (χ1v) is 10.2. The third-order valence-corrected chi connectivity index (χ3v) is 5.43. The van der Waals surface area contributed by atoms with Crippen LogP contribution in [0.2, 0.25) is 0 Å². The monoisotopic (exact) mass is 414 g/mol. The van der Waals surface area contributed by atoms with Gasteiger partial charge in [0.15, 0.2) is 5.16 Å². The molecule has 3 aromatic carbocycles. The van der Waals surface area contributed by atoms with Crippen LogP contribution in [0.5, 0.6) is 5.75 Å². The van der Waals surface area contributed by atoms with Gasteiger partial charge in [0.25, 0.3) is 0 Å². The fourth-order valence-electron chi connectivity index (χ4n) is 3.04. The number of benzene rings is 3. The summed E-state index contributed by atoms with van der Waals surface area (Å²) in [7, 11) is 1.63. The maximum absolute atomic E-state index is 12.4.